The molecule has 4 nitrogen and oxygen atoms in total. The summed E-state index contributed by atoms with van der Waals surface area (Å²) in [4.78, 5) is 11.4. The van der Waals surface area contributed by atoms with Gasteiger partial charge in [0.25, 0.3) is 0 Å². The highest BCUT2D eigenvalue weighted by Crippen LogP contribution is 2.29. The molecule has 1 atom stereocenters. The lowest BCUT2D eigenvalue weighted by molar-refractivity contribution is 0.0963. The van der Waals surface area contributed by atoms with E-state index < -0.39 is 17.6 Å². The van der Waals surface area contributed by atoms with Crippen LogP contribution in [-0.4, -0.2) is 24.0 Å². The first-order valence-electron chi connectivity index (χ1n) is 4.33. The summed E-state index contributed by atoms with van der Waals surface area (Å²) in [6, 6.07) is 1.17. The Hall–Kier alpha value is -1.62. The van der Waals surface area contributed by atoms with E-state index in [2.05, 4.69) is 0 Å². The van der Waals surface area contributed by atoms with E-state index in [4.69, 9.17) is 10.5 Å². The minimum absolute atomic E-state index is 0.0420. The summed E-state index contributed by atoms with van der Waals surface area (Å²) in [6.45, 7) is 1.46. The van der Waals surface area contributed by atoms with Crippen LogP contribution in [0.3, 0.4) is 0 Å². The van der Waals surface area contributed by atoms with Gasteiger partial charge in [-0.1, -0.05) is 0 Å². The quantitative estimate of drug-likeness (QED) is 0.736. The number of carbonyl (C=O) groups excluding carboxylic acids is 1. The van der Waals surface area contributed by atoms with Crippen molar-refractivity contribution in [2.45, 2.75) is 13.0 Å². The topological polar surface area (TPSA) is 72.5 Å². The number of Topliss-reactive ketones (excluding diaryl/α,β-unsaturated/α-hetero) is 1. The molecule has 0 aliphatic rings. The number of ketones is 1. The van der Waals surface area contributed by atoms with Crippen LogP contribution >= 0.6 is 0 Å². The maximum atomic E-state index is 13.3. The first kappa shape index (κ1) is 11.5. The highest BCUT2D eigenvalue weighted by molar-refractivity contribution is 6.00. The second-order valence-electron chi connectivity index (χ2n) is 3.16. The number of ether oxygens (including phenoxy) is 1. The predicted molar refractivity (Wildman–Crippen MR) is 52.6 cm³/mol. The maximum absolute atomic E-state index is 13.3. The van der Waals surface area contributed by atoms with Crippen molar-refractivity contribution in [1.82, 2.24) is 0 Å². The second-order valence-corrected chi connectivity index (χ2v) is 3.16. The first-order valence-corrected chi connectivity index (χ1v) is 4.33. The summed E-state index contributed by atoms with van der Waals surface area (Å²) in [6.07, 6.45) is 0. The molecular weight excluding hydrogens is 201 g/mol. The van der Waals surface area contributed by atoms with Crippen molar-refractivity contribution in [2.24, 2.45) is 5.73 Å². The number of halogens is 1. The van der Waals surface area contributed by atoms with E-state index in [0.29, 0.717) is 0 Å². The molecule has 0 heterocycles. The summed E-state index contributed by atoms with van der Waals surface area (Å²) in [7, 11) is 1.31. The van der Waals surface area contributed by atoms with Crippen LogP contribution in [0.5, 0.6) is 11.5 Å². The molecule has 0 fully saturated rings. The fourth-order valence-electron chi connectivity index (χ4n) is 1.14. The number of hydrogen-bond acceptors (Lipinski definition) is 4. The van der Waals surface area contributed by atoms with E-state index in [1.54, 1.807) is 0 Å². The van der Waals surface area contributed by atoms with Crippen LogP contribution in [0, 0.1) is 5.82 Å². The lowest BCUT2D eigenvalue weighted by Gasteiger charge is -2.09. The van der Waals surface area contributed by atoms with Crippen LogP contribution in [0.25, 0.3) is 0 Å². The average Bonchev–Trinajstić information content (AvgIpc) is 2.17. The number of phenols is 1. The van der Waals surface area contributed by atoms with E-state index in [-0.39, 0.29) is 17.1 Å². The Kier molecular flexibility index (Phi) is 3.26. The van der Waals surface area contributed by atoms with Gasteiger partial charge in [0.05, 0.1) is 18.7 Å². The molecule has 0 saturated heterocycles. The highest BCUT2D eigenvalue weighted by atomic mass is 19.1. The third kappa shape index (κ3) is 2.24. The summed E-state index contributed by atoms with van der Waals surface area (Å²) in [5.41, 5.74) is 5.17. The van der Waals surface area contributed by atoms with Gasteiger partial charge in [0, 0.05) is 6.07 Å². The molecule has 1 aromatic carbocycles. The van der Waals surface area contributed by atoms with Gasteiger partial charge in [0.1, 0.15) is 5.82 Å². The van der Waals surface area contributed by atoms with Crippen molar-refractivity contribution in [2.75, 3.05) is 7.11 Å². The van der Waals surface area contributed by atoms with Crippen LogP contribution < -0.4 is 10.5 Å². The third-order valence-electron chi connectivity index (χ3n) is 1.95. The minimum atomic E-state index is -0.810. The molecular formula is C10H12FNO3. The smallest absolute Gasteiger partial charge is 0.182 e. The Bertz CT molecular complexity index is 390. The molecule has 82 valence electrons. The van der Waals surface area contributed by atoms with Crippen LogP contribution in [-0.2, 0) is 0 Å². The zero-order valence-electron chi connectivity index (χ0n) is 8.45. The number of hydrogen-bond donors (Lipinski definition) is 2. The van der Waals surface area contributed by atoms with Crippen molar-refractivity contribution < 1.29 is 19.0 Å². The molecule has 0 radical (unpaired) electrons. The molecule has 0 bridgehead atoms. The summed E-state index contributed by atoms with van der Waals surface area (Å²) >= 11 is 0. The molecule has 15 heavy (non-hydrogen) atoms. The summed E-state index contributed by atoms with van der Waals surface area (Å²) in [5, 5.41) is 9.23. The fourth-order valence-corrected chi connectivity index (χ4v) is 1.14. The SMILES string of the molecule is COc1cc(C(=O)C(C)N)c(F)cc1O. The number of methoxy groups -OCH3 is 1. The molecule has 0 aliphatic carbocycles. The molecule has 0 spiro atoms. The van der Waals surface area contributed by atoms with Crippen LogP contribution in [0.2, 0.25) is 0 Å². The Labute approximate surface area is 86.5 Å². The Morgan fingerprint density at radius 2 is 2.20 bits per heavy atom. The zero-order valence-corrected chi connectivity index (χ0v) is 8.45. The normalized spacial score (nSPS) is 12.3. The average molecular weight is 213 g/mol. The van der Waals surface area contributed by atoms with E-state index >= 15 is 0 Å². The van der Waals surface area contributed by atoms with E-state index in [1.807, 2.05) is 0 Å². The molecule has 3 N–H and O–H groups in total. The van der Waals surface area contributed by atoms with Crippen molar-refractivity contribution in [3.63, 3.8) is 0 Å². The monoisotopic (exact) mass is 213 g/mol. The Morgan fingerprint density at radius 1 is 1.60 bits per heavy atom. The molecule has 0 saturated carbocycles. The van der Waals surface area contributed by atoms with Gasteiger partial charge in [-0.25, -0.2) is 4.39 Å². The van der Waals surface area contributed by atoms with Gasteiger partial charge in [0.15, 0.2) is 17.3 Å². The lowest BCUT2D eigenvalue weighted by atomic mass is 10.0. The van der Waals surface area contributed by atoms with Gasteiger partial charge < -0.3 is 15.6 Å². The van der Waals surface area contributed by atoms with Crippen molar-refractivity contribution in [3.05, 3.63) is 23.5 Å². The standard InChI is InChI=1S/C10H12FNO3/c1-5(12)10(14)6-3-9(15-2)8(13)4-7(6)11/h3-5,13H,12H2,1-2H3. The summed E-state index contributed by atoms with van der Waals surface area (Å²) < 4.78 is 18.0. The molecule has 1 unspecified atom stereocenters. The van der Waals surface area contributed by atoms with Crippen molar-refractivity contribution >= 4 is 5.78 Å². The van der Waals surface area contributed by atoms with Gasteiger partial charge in [-0.15, -0.1) is 0 Å². The highest BCUT2D eigenvalue weighted by Gasteiger charge is 2.18. The zero-order chi connectivity index (χ0) is 11.6. The molecule has 5 heteroatoms. The molecule has 0 amide bonds. The lowest BCUT2D eigenvalue weighted by Crippen LogP contribution is -2.27. The van der Waals surface area contributed by atoms with Gasteiger partial charge in [-0.3, -0.25) is 4.79 Å². The number of phenolic OH excluding ortho intramolecular Hbond substituents is 1. The minimum Gasteiger partial charge on any atom is -0.504 e. The number of aromatic hydroxyl groups is 1. The number of nitrogens with two attached hydrogens (primary N) is 1. The maximum Gasteiger partial charge on any atom is 0.182 e. The molecule has 0 aromatic heterocycles. The van der Waals surface area contributed by atoms with E-state index in [0.717, 1.165) is 12.1 Å². The first-order chi connectivity index (χ1) is 6.97. The van der Waals surface area contributed by atoms with Crippen LogP contribution in [0.4, 0.5) is 4.39 Å². The van der Waals surface area contributed by atoms with Gasteiger partial charge in [-0.05, 0) is 13.0 Å². The van der Waals surface area contributed by atoms with Crippen LogP contribution in [0.15, 0.2) is 12.1 Å². The van der Waals surface area contributed by atoms with Crippen molar-refractivity contribution in [3.8, 4) is 11.5 Å². The largest absolute Gasteiger partial charge is 0.504 e. The van der Waals surface area contributed by atoms with Gasteiger partial charge in [-0.2, -0.15) is 0 Å². The third-order valence-corrected chi connectivity index (χ3v) is 1.95. The van der Waals surface area contributed by atoms with E-state index in [1.165, 1.54) is 14.0 Å². The fraction of sp³-hybridized carbons (Fsp3) is 0.300. The number of carbonyl (C=O) groups is 1. The second kappa shape index (κ2) is 4.27. The Morgan fingerprint density at radius 3 is 2.67 bits per heavy atom. The predicted octanol–water partition coefficient (Wildman–Crippen LogP) is 1.07. The Balaban J connectivity index is 3.24. The summed E-state index contributed by atoms with van der Waals surface area (Å²) in [5.74, 6) is -1.65. The molecule has 0 aliphatic heterocycles. The number of rotatable bonds is 3. The van der Waals surface area contributed by atoms with Crippen molar-refractivity contribution in [1.29, 1.82) is 0 Å². The van der Waals surface area contributed by atoms with E-state index in [9.17, 15) is 14.3 Å². The molecule has 1 rings (SSSR count). The number of benzene rings is 1. The molecule has 1 aromatic rings. The van der Waals surface area contributed by atoms with Gasteiger partial charge in [0.2, 0.25) is 0 Å². The van der Waals surface area contributed by atoms with Gasteiger partial charge >= 0.3 is 0 Å². The van der Waals surface area contributed by atoms with Crippen LogP contribution in [0.1, 0.15) is 17.3 Å².